The molecule has 0 spiro atoms. The lowest BCUT2D eigenvalue weighted by Gasteiger charge is -2.07. The topological polar surface area (TPSA) is 116 Å². The molecule has 3 aromatic carbocycles. The molecular weight excluding hydrogens is 434 g/mol. The fraction of sp³-hybridized carbons (Fsp3) is 0.0800. The van der Waals surface area contributed by atoms with Crippen LogP contribution in [0.1, 0.15) is 11.3 Å². The van der Waals surface area contributed by atoms with Crippen LogP contribution in [0.15, 0.2) is 94.3 Å². The van der Waals surface area contributed by atoms with Gasteiger partial charge in [-0.15, -0.1) is 5.10 Å². The summed E-state index contributed by atoms with van der Waals surface area (Å²) >= 11 is 0. The third kappa shape index (κ3) is 4.53. The second kappa shape index (κ2) is 8.99. The average molecular weight is 453 g/mol. The SMILES string of the molecule is O=c1cc(-c2ccccc2)oc2ccc(NCc3cn(Cc4ccc([N+](=O)[O-])cc4)nn3)cc12. The Bertz CT molecular complexity index is 1530. The van der Waals surface area contributed by atoms with Gasteiger partial charge >= 0.3 is 0 Å². The van der Waals surface area contributed by atoms with Crippen molar-refractivity contribution >= 4 is 22.3 Å². The Kier molecular flexibility index (Phi) is 5.57. The van der Waals surface area contributed by atoms with E-state index in [4.69, 9.17) is 4.42 Å². The van der Waals surface area contributed by atoms with Crippen molar-refractivity contribution in [2.24, 2.45) is 0 Å². The molecule has 1 N–H and O–H groups in total. The molecule has 0 radical (unpaired) electrons. The summed E-state index contributed by atoms with van der Waals surface area (Å²) in [7, 11) is 0. The summed E-state index contributed by atoms with van der Waals surface area (Å²) in [6.45, 7) is 0.866. The second-order valence-electron chi connectivity index (χ2n) is 7.74. The molecule has 0 fully saturated rings. The molecule has 0 atom stereocenters. The van der Waals surface area contributed by atoms with Crippen LogP contribution in [0.4, 0.5) is 11.4 Å². The summed E-state index contributed by atoms with van der Waals surface area (Å²) in [5.74, 6) is 0.531. The first kappa shape index (κ1) is 21.1. The van der Waals surface area contributed by atoms with Crippen molar-refractivity contribution in [2.75, 3.05) is 5.32 Å². The summed E-state index contributed by atoms with van der Waals surface area (Å²) in [6.07, 6.45) is 1.80. The first-order chi connectivity index (χ1) is 16.5. The number of rotatable bonds is 7. The summed E-state index contributed by atoms with van der Waals surface area (Å²) in [5, 5.41) is 22.8. The van der Waals surface area contributed by atoms with E-state index in [1.54, 1.807) is 35.1 Å². The maximum Gasteiger partial charge on any atom is 0.269 e. The van der Waals surface area contributed by atoms with Crippen LogP contribution in [0.3, 0.4) is 0 Å². The number of nitro benzene ring substituents is 1. The Morgan fingerprint density at radius 3 is 2.56 bits per heavy atom. The van der Waals surface area contributed by atoms with Gasteiger partial charge in [-0.25, -0.2) is 4.68 Å². The summed E-state index contributed by atoms with van der Waals surface area (Å²) in [6, 6.07) is 22.7. The van der Waals surface area contributed by atoms with E-state index in [9.17, 15) is 14.9 Å². The Morgan fingerprint density at radius 2 is 1.79 bits per heavy atom. The van der Waals surface area contributed by atoms with Crippen LogP contribution >= 0.6 is 0 Å². The van der Waals surface area contributed by atoms with Crippen molar-refractivity contribution in [3.8, 4) is 11.3 Å². The van der Waals surface area contributed by atoms with E-state index in [-0.39, 0.29) is 11.1 Å². The number of nitrogens with one attached hydrogen (secondary N) is 1. The van der Waals surface area contributed by atoms with Crippen LogP contribution < -0.4 is 10.7 Å². The van der Waals surface area contributed by atoms with Crippen molar-refractivity contribution in [1.82, 2.24) is 15.0 Å². The lowest BCUT2D eigenvalue weighted by Crippen LogP contribution is -2.03. The largest absolute Gasteiger partial charge is 0.456 e. The van der Waals surface area contributed by atoms with Gasteiger partial charge in [-0.2, -0.15) is 0 Å². The van der Waals surface area contributed by atoms with Gasteiger partial charge in [0.05, 0.1) is 29.6 Å². The highest BCUT2D eigenvalue weighted by molar-refractivity contribution is 5.82. The number of fused-ring (bicyclic) bond motifs is 1. The normalized spacial score (nSPS) is 10.9. The highest BCUT2D eigenvalue weighted by atomic mass is 16.6. The Balaban J connectivity index is 1.27. The maximum absolute atomic E-state index is 12.7. The van der Waals surface area contributed by atoms with Gasteiger partial charge in [0.2, 0.25) is 0 Å². The van der Waals surface area contributed by atoms with Crippen LogP contribution in [0.2, 0.25) is 0 Å². The predicted octanol–water partition coefficient (Wildman–Crippen LogP) is 4.62. The van der Waals surface area contributed by atoms with E-state index >= 15 is 0 Å². The van der Waals surface area contributed by atoms with E-state index in [2.05, 4.69) is 15.6 Å². The first-order valence-electron chi connectivity index (χ1n) is 10.5. The van der Waals surface area contributed by atoms with Gasteiger partial charge in [-0.3, -0.25) is 14.9 Å². The first-order valence-corrected chi connectivity index (χ1v) is 10.5. The zero-order valence-electron chi connectivity index (χ0n) is 17.9. The molecule has 5 aromatic rings. The molecule has 0 saturated carbocycles. The van der Waals surface area contributed by atoms with Gasteiger partial charge in [0, 0.05) is 29.4 Å². The lowest BCUT2D eigenvalue weighted by molar-refractivity contribution is -0.384. The highest BCUT2D eigenvalue weighted by Crippen LogP contribution is 2.24. The highest BCUT2D eigenvalue weighted by Gasteiger charge is 2.09. The molecule has 0 bridgehead atoms. The molecule has 0 aliphatic carbocycles. The van der Waals surface area contributed by atoms with Gasteiger partial charge in [0.1, 0.15) is 17.0 Å². The van der Waals surface area contributed by atoms with Crippen molar-refractivity contribution in [1.29, 1.82) is 0 Å². The molecular formula is C25H19N5O4. The van der Waals surface area contributed by atoms with E-state index in [1.807, 2.05) is 36.4 Å². The lowest BCUT2D eigenvalue weighted by atomic mass is 10.1. The zero-order chi connectivity index (χ0) is 23.5. The molecule has 0 aliphatic rings. The van der Waals surface area contributed by atoms with Gasteiger partial charge in [-0.05, 0) is 23.8 Å². The molecule has 2 heterocycles. The maximum atomic E-state index is 12.7. The van der Waals surface area contributed by atoms with Gasteiger partial charge in [0.25, 0.3) is 5.69 Å². The molecule has 2 aromatic heterocycles. The summed E-state index contributed by atoms with van der Waals surface area (Å²) in [4.78, 5) is 23.0. The second-order valence-corrected chi connectivity index (χ2v) is 7.74. The number of nitrogens with zero attached hydrogens (tertiary/aromatic N) is 4. The fourth-order valence-corrected chi connectivity index (χ4v) is 3.61. The Labute approximate surface area is 193 Å². The van der Waals surface area contributed by atoms with E-state index in [0.717, 1.165) is 16.8 Å². The number of hydrogen-bond donors (Lipinski definition) is 1. The smallest absolute Gasteiger partial charge is 0.269 e. The molecule has 168 valence electrons. The van der Waals surface area contributed by atoms with Crippen LogP contribution in [-0.2, 0) is 13.1 Å². The third-order valence-electron chi connectivity index (χ3n) is 5.34. The van der Waals surface area contributed by atoms with Crippen molar-refractivity contribution in [3.05, 3.63) is 117 Å². The van der Waals surface area contributed by atoms with Gasteiger partial charge < -0.3 is 9.73 Å². The summed E-state index contributed by atoms with van der Waals surface area (Å²) in [5.41, 5.74) is 3.66. The summed E-state index contributed by atoms with van der Waals surface area (Å²) < 4.78 is 7.60. The van der Waals surface area contributed by atoms with Crippen LogP contribution in [0.5, 0.6) is 0 Å². The minimum Gasteiger partial charge on any atom is -0.456 e. The monoisotopic (exact) mass is 453 g/mol. The van der Waals surface area contributed by atoms with Crippen molar-refractivity contribution in [2.45, 2.75) is 13.1 Å². The fourth-order valence-electron chi connectivity index (χ4n) is 3.61. The van der Waals surface area contributed by atoms with E-state index in [1.165, 1.54) is 18.2 Å². The van der Waals surface area contributed by atoms with Gasteiger partial charge in [0.15, 0.2) is 5.43 Å². The molecule has 0 amide bonds. The van der Waals surface area contributed by atoms with E-state index < -0.39 is 4.92 Å². The van der Waals surface area contributed by atoms with Gasteiger partial charge in [-0.1, -0.05) is 47.7 Å². The predicted molar refractivity (Wildman–Crippen MR) is 127 cm³/mol. The number of benzene rings is 3. The third-order valence-corrected chi connectivity index (χ3v) is 5.34. The minimum atomic E-state index is -0.429. The molecule has 0 saturated heterocycles. The Hall–Kier alpha value is -4.79. The van der Waals surface area contributed by atoms with Crippen molar-refractivity contribution < 1.29 is 9.34 Å². The minimum absolute atomic E-state index is 0.0490. The molecule has 9 nitrogen and oxygen atoms in total. The number of nitro groups is 1. The molecule has 5 rings (SSSR count). The number of anilines is 1. The molecule has 9 heteroatoms. The zero-order valence-corrected chi connectivity index (χ0v) is 17.9. The number of aromatic nitrogens is 3. The molecule has 0 aliphatic heterocycles. The number of non-ortho nitro benzene ring substituents is 1. The quantitative estimate of drug-likeness (QED) is 0.282. The number of hydrogen-bond acceptors (Lipinski definition) is 7. The average Bonchev–Trinajstić information content (AvgIpc) is 3.31. The molecule has 0 unspecified atom stereocenters. The Morgan fingerprint density at radius 1 is 1.00 bits per heavy atom. The molecule has 34 heavy (non-hydrogen) atoms. The van der Waals surface area contributed by atoms with Crippen LogP contribution in [0.25, 0.3) is 22.3 Å². The van der Waals surface area contributed by atoms with Crippen molar-refractivity contribution in [3.63, 3.8) is 0 Å². The van der Waals surface area contributed by atoms with E-state index in [0.29, 0.717) is 35.5 Å². The van der Waals surface area contributed by atoms with Crippen LogP contribution in [0, 0.1) is 10.1 Å². The standard InChI is InChI=1S/C25H19N5O4/c31-23-13-25(18-4-2-1-3-5-18)34-24-11-8-19(12-22(23)24)26-14-20-16-29(28-27-20)15-17-6-9-21(10-7-17)30(32)33/h1-13,16,26H,14-15H2. The van der Waals surface area contributed by atoms with Crippen LogP contribution in [-0.4, -0.2) is 19.9 Å².